The van der Waals surface area contributed by atoms with Gasteiger partial charge in [0.25, 0.3) is 0 Å². The number of rotatable bonds is 3. The van der Waals surface area contributed by atoms with Gasteiger partial charge in [0, 0.05) is 6.08 Å². The van der Waals surface area contributed by atoms with Gasteiger partial charge in [-0.05, 0) is 40.5 Å². The molecule has 0 atom stereocenters. The summed E-state index contributed by atoms with van der Waals surface area (Å²) in [6, 6.07) is 6.55. The maximum atomic E-state index is 11.5. The predicted molar refractivity (Wildman–Crippen MR) is 89.5 cm³/mol. The second-order valence-corrected chi connectivity index (χ2v) is 7.43. The standard InChI is InChI=1S/C19H28O2/c1-8-21-17(20)10-9-14-11-15(18(2,3)4)13-16(12-14)19(5,6)7/h9-13H,8H2,1-7H3/b10-9+. The van der Waals surface area contributed by atoms with Crippen LogP contribution in [0.25, 0.3) is 6.08 Å². The lowest BCUT2D eigenvalue weighted by Gasteiger charge is -2.25. The molecule has 1 aromatic rings. The van der Waals surface area contributed by atoms with Crippen LogP contribution in [-0.2, 0) is 20.4 Å². The quantitative estimate of drug-likeness (QED) is 0.586. The van der Waals surface area contributed by atoms with Gasteiger partial charge < -0.3 is 4.74 Å². The normalized spacial score (nSPS) is 12.7. The van der Waals surface area contributed by atoms with Gasteiger partial charge in [-0.1, -0.05) is 59.7 Å². The van der Waals surface area contributed by atoms with Gasteiger partial charge in [0.2, 0.25) is 0 Å². The first-order valence-corrected chi connectivity index (χ1v) is 7.55. The van der Waals surface area contributed by atoms with Gasteiger partial charge in [-0.15, -0.1) is 0 Å². The van der Waals surface area contributed by atoms with Crippen LogP contribution in [0.1, 0.15) is 65.2 Å². The molecule has 0 heterocycles. The van der Waals surface area contributed by atoms with Crippen LogP contribution < -0.4 is 0 Å². The SMILES string of the molecule is CCOC(=O)/C=C/c1cc(C(C)(C)C)cc(C(C)(C)C)c1. The summed E-state index contributed by atoms with van der Waals surface area (Å²) in [5.74, 6) is -0.295. The second-order valence-electron chi connectivity index (χ2n) is 7.43. The van der Waals surface area contributed by atoms with Crippen LogP contribution in [0, 0.1) is 0 Å². The minimum absolute atomic E-state index is 0.0772. The van der Waals surface area contributed by atoms with Gasteiger partial charge in [-0.3, -0.25) is 0 Å². The predicted octanol–water partition coefficient (Wildman–Crippen LogP) is 4.86. The number of carbonyl (C=O) groups excluding carboxylic acids is 1. The van der Waals surface area contributed by atoms with E-state index in [4.69, 9.17) is 4.74 Å². The lowest BCUT2D eigenvalue weighted by Crippen LogP contribution is -2.16. The van der Waals surface area contributed by atoms with Crippen molar-refractivity contribution in [2.45, 2.75) is 59.3 Å². The van der Waals surface area contributed by atoms with Crippen LogP contribution in [0.2, 0.25) is 0 Å². The van der Waals surface area contributed by atoms with E-state index in [1.165, 1.54) is 17.2 Å². The van der Waals surface area contributed by atoms with Crippen molar-refractivity contribution in [1.82, 2.24) is 0 Å². The molecule has 0 unspecified atom stereocenters. The first-order chi connectivity index (χ1) is 9.54. The first kappa shape index (κ1) is 17.5. The maximum Gasteiger partial charge on any atom is 0.330 e. The minimum Gasteiger partial charge on any atom is -0.463 e. The van der Waals surface area contributed by atoms with Crippen molar-refractivity contribution in [3.05, 3.63) is 41.0 Å². The Kier molecular flexibility index (Phi) is 5.38. The maximum absolute atomic E-state index is 11.5. The number of carbonyl (C=O) groups is 1. The molecule has 0 fully saturated rings. The average molecular weight is 288 g/mol. The zero-order chi connectivity index (χ0) is 16.3. The van der Waals surface area contributed by atoms with E-state index >= 15 is 0 Å². The van der Waals surface area contributed by atoms with Crippen molar-refractivity contribution in [1.29, 1.82) is 0 Å². The van der Waals surface area contributed by atoms with Gasteiger partial charge in [0.05, 0.1) is 6.61 Å². The van der Waals surface area contributed by atoms with Gasteiger partial charge in [-0.2, -0.15) is 0 Å². The Morgan fingerprint density at radius 3 is 1.86 bits per heavy atom. The van der Waals surface area contributed by atoms with E-state index in [9.17, 15) is 4.79 Å². The van der Waals surface area contributed by atoms with E-state index in [-0.39, 0.29) is 16.8 Å². The summed E-state index contributed by atoms with van der Waals surface area (Å²) >= 11 is 0. The fourth-order valence-corrected chi connectivity index (χ4v) is 1.97. The third-order valence-corrected chi connectivity index (χ3v) is 3.39. The summed E-state index contributed by atoms with van der Waals surface area (Å²) in [4.78, 5) is 11.5. The van der Waals surface area contributed by atoms with E-state index < -0.39 is 0 Å². The Hall–Kier alpha value is -1.57. The lowest BCUT2D eigenvalue weighted by atomic mass is 9.79. The Labute approximate surface area is 129 Å². The molecule has 0 amide bonds. The Morgan fingerprint density at radius 1 is 1.00 bits per heavy atom. The highest BCUT2D eigenvalue weighted by Crippen LogP contribution is 2.30. The Morgan fingerprint density at radius 2 is 1.48 bits per heavy atom. The summed E-state index contributed by atoms with van der Waals surface area (Å²) in [6.07, 6.45) is 3.33. The van der Waals surface area contributed by atoms with Crippen LogP contribution >= 0.6 is 0 Å². The topological polar surface area (TPSA) is 26.3 Å². The van der Waals surface area contributed by atoms with E-state index in [0.29, 0.717) is 6.61 Å². The van der Waals surface area contributed by atoms with Crippen LogP contribution in [0.15, 0.2) is 24.3 Å². The van der Waals surface area contributed by atoms with Crippen molar-refractivity contribution >= 4 is 12.0 Å². The van der Waals surface area contributed by atoms with Gasteiger partial charge in [0.15, 0.2) is 0 Å². The van der Waals surface area contributed by atoms with Crippen molar-refractivity contribution in [3.63, 3.8) is 0 Å². The highest BCUT2D eigenvalue weighted by Gasteiger charge is 2.20. The number of ether oxygens (including phenoxy) is 1. The molecule has 0 aliphatic rings. The molecule has 0 saturated heterocycles. The molecule has 0 saturated carbocycles. The number of hydrogen-bond donors (Lipinski definition) is 0. The minimum atomic E-state index is -0.295. The summed E-state index contributed by atoms with van der Waals surface area (Å²) in [7, 11) is 0. The second kappa shape index (κ2) is 6.46. The molecule has 0 N–H and O–H groups in total. The van der Waals surface area contributed by atoms with E-state index in [2.05, 4.69) is 59.7 Å². The molecule has 0 aromatic heterocycles. The zero-order valence-electron chi connectivity index (χ0n) is 14.4. The third kappa shape index (κ3) is 5.37. The molecule has 1 rings (SSSR count). The fourth-order valence-electron chi connectivity index (χ4n) is 1.97. The van der Waals surface area contributed by atoms with Gasteiger partial charge >= 0.3 is 5.97 Å². The van der Waals surface area contributed by atoms with Crippen molar-refractivity contribution in [3.8, 4) is 0 Å². The molecule has 0 bridgehead atoms. The monoisotopic (exact) mass is 288 g/mol. The molecule has 2 nitrogen and oxygen atoms in total. The number of hydrogen-bond acceptors (Lipinski definition) is 2. The highest BCUT2D eigenvalue weighted by atomic mass is 16.5. The van der Waals surface area contributed by atoms with Crippen molar-refractivity contribution in [2.75, 3.05) is 6.61 Å². The highest BCUT2D eigenvalue weighted by molar-refractivity contribution is 5.87. The fraction of sp³-hybridized carbons (Fsp3) is 0.526. The molecule has 0 aliphatic carbocycles. The molecule has 0 spiro atoms. The van der Waals surface area contributed by atoms with Crippen LogP contribution in [0.5, 0.6) is 0 Å². The Bertz CT molecular complexity index is 493. The van der Waals surface area contributed by atoms with E-state index in [1.54, 1.807) is 0 Å². The number of benzene rings is 1. The van der Waals surface area contributed by atoms with Crippen molar-refractivity contribution in [2.24, 2.45) is 0 Å². The van der Waals surface area contributed by atoms with Crippen LogP contribution in [-0.4, -0.2) is 12.6 Å². The molecular weight excluding hydrogens is 260 g/mol. The first-order valence-electron chi connectivity index (χ1n) is 7.55. The molecular formula is C19H28O2. The smallest absolute Gasteiger partial charge is 0.330 e. The Balaban J connectivity index is 3.23. The molecule has 0 radical (unpaired) electrons. The van der Waals surface area contributed by atoms with Crippen molar-refractivity contribution < 1.29 is 9.53 Å². The molecule has 0 aliphatic heterocycles. The summed E-state index contributed by atoms with van der Waals surface area (Å²) in [5.41, 5.74) is 3.75. The summed E-state index contributed by atoms with van der Waals surface area (Å²) in [5, 5.41) is 0. The van der Waals surface area contributed by atoms with E-state index in [0.717, 1.165) is 5.56 Å². The zero-order valence-corrected chi connectivity index (χ0v) is 14.4. The molecule has 116 valence electrons. The summed E-state index contributed by atoms with van der Waals surface area (Å²) < 4.78 is 4.93. The average Bonchev–Trinajstić information content (AvgIpc) is 2.34. The summed E-state index contributed by atoms with van der Waals surface area (Å²) in [6.45, 7) is 15.4. The van der Waals surface area contributed by atoms with Gasteiger partial charge in [-0.25, -0.2) is 4.79 Å². The molecule has 21 heavy (non-hydrogen) atoms. The third-order valence-electron chi connectivity index (χ3n) is 3.39. The largest absolute Gasteiger partial charge is 0.463 e. The lowest BCUT2D eigenvalue weighted by molar-refractivity contribution is -0.137. The van der Waals surface area contributed by atoms with Crippen LogP contribution in [0.4, 0.5) is 0 Å². The van der Waals surface area contributed by atoms with E-state index in [1.807, 2.05) is 13.0 Å². The number of esters is 1. The van der Waals surface area contributed by atoms with Gasteiger partial charge in [0.1, 0.15) is 0 Å². The van der Waals surface area contributed by atoms with Crippen LogP contribution in [0.3, 0.4) is 0 Å². The molecule has 1 aromatic carbocycles. The molecule has 2 heteroatoms.